The highest BCUT2D eigenvalue weighted by molar-refractivity contribution is 7.10. The van der Waals surface area contributed by atoms with Gasteiger partial charge in [0.2, 0.25) is 5.91 Å². The maximum absolute atomic E-state index is 11.9. The van der Waals surface area contributed by atoms with E-state index in [1.807, 2.05) is 60.0 Å². The number of anilines is 1. The van der Waals surface area contributed by atoms with E-state index in [-0.39, 0.29) is 11.8 Å². The minimum atomic E-state index is 0.0668. The smallest absolute Gasteiger partial charge is 0.225 e. The van der Waals surface area contributed by atoms with E-state index in [1.54, 1.807) is 11.3 Å². The van der Waals surface area contributed by atoms with Crippen molar-refractivity contribution in [3.05, 3.63) is 81.0 Å². The zero-order valence-electron chi connectivity index (χ0n) is 13.4. The highest BCUT2D eigenvalue weighted by Crippen LogP contribution is 2.40. The van der Waals surface area contributed by atoms with Crippen molar-refractivity contribution in [1.29, 1.82) is 0 Å². The predicted molar refractivity (Wildman–Crippen MR) is 102 cm³/mol. The summed E-state index contributed by atoms with van der Waals surface area (Å²) in [4.78, 5) is 13.1. The Morgan fingerprint density at radius 2 is 2.00 bits per heavy atom. The normalized spacial score (nSPS) is 16.2. The fourth-order valence-corrected chi connectivity index (χ4v) is 4.23. The van der Waals surface area contributed by atoms with Crippen LogP contribution in [0.1, 0.15) is 28.3 Å². The Bertz CT molecular complexity index is 904. The highest BCUT2D eigenvalue weighted by Gasteiger charge is 2.27. The lowest BCUT2D eigenvalue weighted by Crippen LogP contribution is -2.21. The molecule has 1 N–H and O–H groups in total. The highest BCUT2D eigenvalue weighted by atomic mass is 35.5. The number of ether oxygens (including phenoxy) is 1. The van der Waals surface area contributed by atoms with Gasteiger partial charge < -0.3 is 10.1 Å². The molecule has 1 aliphatic rings. The van der Waals surface area contributed by atoms with Gasteiger partial charge in [-0.3, -0.25) is 4.79 Å². The van der Waals surface area contributed by atoms with Gasteiger partial charge in [-0.1, -0.05) is 35.9 Å². The molecule has 0 aliphatic carbocycles. The van der Waals surface area contributed by atoms with Crippen LogP contribution in [0.2, 0.25) is 5.02 Å². The molecule has 5 heteroatoms. The summed E-state index contributed by atoms with van der Waals surface area (Å²) < 4.78 is 5.83. The fraction of sp³-hybridized carbons (Fsp3) is 0.150. The summed E-state index contributed by atoms with van der Waals surface area (Å²) in [6, 6.07) is 17.6. The van der Waals surface area contributed by atoms with Crippen molar-refractivity contribution in [1.82, 2.24) is 0 Å². The fourth-order valence-electron chi connectivity index (χ4n) is 3.03. The Hall–Kier alpha value is -2.30. The molecule has 1 amide bonds. The Balaban J connectivity index is 1.48. The second kappa shape index (κ2) is 6.90. The number of carbonyl (C=O) groups excluding carboxylic acids is 1. The van der Waals surface area contributed by atoms with Gasteiger partial charge in [-0.25, -0.2) is 0 Å². The minimum absolute atomic E-state index is 0.0668. The van der Waals surface area contributed by atoms with Crippen LogP contribution in [0.5, 0.6) is 5.75 Å². The SMILES string of the molecule is O=C1CC(c2ccc(OCc3cccc(Cl)c3)cc2)c2sccc2N1. The van der Waals surface area contributed by atoms with Crippen molar-refractivity contribution in [3.8, 4) is 5.75 Å². The standard InChI is InChI=1S/C20H16ClNO2S/c21-15-3-1-2-13(10-15)12-24-16-6-4-14(5-7-16)17-11-19(23)22-18-8-9-25-20(17)18/h1-10,17H,11-12H2,(H,22,23). The van der Waals surface area contributed by atoms with Gasteiger partial charge in [0.15, 0.2) is 0 Å². The van der Waals surface area contributed by atoms with E-state index < -0.39 is 0 Å². The zero-order chi connectivity index (χ0) is 17.2. The van der Waals surface area contributed by atoms with Crippen LogP contribution in [0.3, 0.4) is 0 Å². The van der Waals surface area contributed by atoms with Gasteiger partial charge in [-0.05, 0) is 46.8 Å². The number of hydrogen-bond donors (Lipinski definition) is 1. The third kappa shape index (κ3) is 3.55. The second-order valence-electron chi connectivity index (χ2n) is 5.99. The molecule has 126 valence electrons. The van der Waals surface area contributed by atoms with Crippen LogP contribution in [-0.4, -0.2) is 5.91 Å². The van der Waals surface area contributed by atoms with E-state index in [4.69, 9.17) is 16.3 Å². The van der Waals surface area contributed by atoms with E-state index in [0.29, 0.717) is 18.1 Å². The second-order valence-corrected chi connectivity index (χ2v) is 7.38. The molecule has 0 bridgehead atoms. The molecule has 1 aromatic heterocycles. The van der Waals surface area contributed by atoms with E-state index in [2.05, 4.69) is 5.32 Å². The van der Waals surface area contributed by atoms with E-state index in [9.17, 15) is 4.79 Å². The number of halogens is 1. The summed E-state index contributed by atoms with van der Waals surface area (Å²) in [6.07, 6.45) is 0.482. The van der Waals surface area contributed by atoms with E-state index >= 15 is 0 Å². The number of thiophene rings is 1. The first-order valence-electron chi connectivity index (χ1n) is 8.03. The number of benzene rings is 2. The molecule has 2 heterocycles. The lowest BCUT2D eigenvalue weighted by Gasteiger charge is -2.23. The van der Waals surface area contributed by atoms with Crippen LogP contribution < -0.4 is 10.1 Å². The summed E-state index contributed by atoms with van der Waals surface area (Å²) >= 11 is 7.67. The van der Waals surface area contributed by atoms with Gasteiger partial charge in [-0.15, -0.1) is 11.3 Å². The third-order valence-corrected chi connectivity index (χ3v) is 5.52. The first-order valence-corrected chi connectivity index (χ1v) is 9.29. The molecule has 1 aliphatic heterocycles. The molecule has 3 nitrogen and oxygen atoms in total. The summed E-state index contributed by atoms with van der Waals surface area (Å²) in [5.41, 5.74) is 3.10. The van der Waals surface area contributed by atoms with Crippen molar-refractivity contribution in [2.24, 2.45) is 0 Å². The number of amides is 1. The van der Waals surface area contributed by atoms with Crippen LogP contribution >= 0.6 is 22.9 Å². The lowest BCUT2D eigenvalue weighted by molar-refractivity contribution is -0.116. The van der Waals surface area contributed by atoms with Crippen molar-refractivity contribution in [2.45, 2.75) is 18.9 Å². The van der Waals surface area contributed by atoms with Crippen LogP contribution in [0.4, 0.5) is 5.69 Å². The minimum Gasteiger partial charge on any atom is -0.489 e. The van der Waals surface area contributed by atoms with Crippen LogP contribution in [-0.2, 0) is 11.4 Å². The molecular formula is C20H16ClNO2S. The number of fused-ring (bicyclic) bond motifs is 1. The molecular weight excluding hydrogens is 354 g/mol. The largest absolute Gasteiger partial charge is 0.489 e. The molecule has 4 rings (SSSR count). The topological polar surface area (TPSA) is 38.3 Å². The summed E-state index contributed by atoms with van der Waals surface area (Å²) in [7, 11) is 0. The van der Waals surface area contributed by atoms with Gasteiger partial charge in [-0.2, -0.15) is 0 Å². The summed E-state index contributed by atoms with van der Waals surface area (Å²) in [5.74, 6) is 0.985. The van der Waals surface area contributed by atoms with E-state index in [0.717, 1.165) is 22.6 Å². The molecule has 0 saturated heterocycles. The van der Waals surface area contributed by atoms with Gasteiger partial charge >= 0.3 is 0 Å². The summed E-state index contributed by atoms with van der Waals surface area (Å²) in [6.45, 7) is 0.473. The van der Waals surface area contributed by atoms with Crippen LogP contribution in [0.15, 0.2) is 60.0 Å². The van der Waals surface area contributed by atoms with Gasteiger partial charge in [0, 0.05) is 22.2 Å². The molecule has 0 spiro atoms. The number of carbonyl (C=O) groups is 1. The maximum atomic E-state index is 11.9. The molecule has 25 heavy (non-hydrogen) atoms. The molecule has 1 unspecified atom stereocenters. The average molecular weight is 370 g/mol. The molecule has 0 fully saturated rings. The van der Waals surface area contributed by atoms with Crippen molar-refractivity contribution in [2.75, 3.05) is 5.32 Å². The van der Waals surface area contributed by atoms with Gasteiger partial charge in [0.05, 0.1) is 5.69 Å². The first-order chi connectivity index (χ1) is 12.2. The van der Waals surface area contributed by atoms with Crippen molar-refractivity contribution in [3.63, 3.8) is 0 Å². The first kappa shape index (κ1) is 16.2. The van der Waals surface area contributed by atoms with Gasteiger partial charge in [0.25, 0.3) is 0 Å². The van der Waals surface area contributed by atoms with Crippen LogP contribution in [0.25, 0.3) is 0 Å². The average Bonchev–Trinajstić information content (AvgIpc) is 3.08. The Morgan fingerprint density at radius 3 is 2.80 bits per heavy atom. The third-order valence-electron chi connectivity index (χ3n) is 4.25. The molecule has 2 aromatic carbocycles. The Morgan fingerprint density at radius 1 is 1.16 bits per heavy atom. The van der Waals surface area contributed by atoms with Crippen molar-refractivity contribution < 1.29 is 9.53 Å². The number of hydrogen-bond acceptors (Lipinski definition) is 3. The predicted octanol–water partition coefficient (Wildman–Crippen LogP) is 5.45. The monoisotopic (exact) mass is 369 g/mol. The molecule has 3 aromatic rings. The Labute approximate surface area is 155 Å². The van der Waals surface area contributed by atoms with Crippen LogP contribution in [0, 0.1) is 0 Å². The zero-order valence-corrected chi connectivity index (χ0v) is 14.9. The van der Waals surface area contributed by atoms with E-state index in [1.165, 1.54) is 4.88 Å². The summed E-state index contributed by atoms with van der Waals surface area (Å²) in [5, 5.41) is 5.66. The number of nitrogens with one attached hydrogen (secondary N) is 1. The maximum Gasteiger partial charge on any atom is 0.225 e. The van der Waals surface area contributed by atoms with Crippen molar-refractivity contribution >= 4 is 34.5 Å². The quantitative estimate of drug-likeness (QED) is 0.663. The Kier molecular flexibility index (Phi) is 4.47. The molecule has 0 saturated carbocycles. The number of rotatable bonds is 4. The molecule has 0 radical (unpaired) electrons. The van der Waals surface area contributed by atoms with Gasteiger partial charge in [0.1, 0.15) is 12.4 Å². The molecule has 1 atom stereocenters. The lowest BCUT2D eigenvalue weighted by atomic mass is 9.91.